The summed E-state index contributed by atoms with van der Waals surface area (Å²) in [5.74, 6) is 0.722. The fourth-order valence-electron chi connectivity index (χ4n) is 2.67. The van der Waals surface area contributed by atoms with Gasteiger partial charge >= 0.3 is 0 Å². The van der Waals surface area contributed by atoms with Crippen LogP contribution in [-0.2, 0) is 6.42 Å². The SMILES string of the molecule is CCCCCCCc1ccc2nc(N)nc(N)c2c1C. The van der Waals surface area contributed by atoms with E-state index >= 15 is 0 Å². The summed E-state index contributed by atoms with van der Waals surface area (Å²) in [6, 6.07) is 4.14. The molecular weight excluding hydrogens is 248 g/mol. The molecule has 4 heteroatoms. The third-order valence-electron chi connectivity index (χ3n) is 3.83. The molecule has 0 spiro atoms. The number of aromatic nitrogens is 2. The molecule has 2 rings (SSSR count). The third-order valence-corrected chi connectivity index (χ3v) is 3.83. The van der Waals surface area contributed by atoms with Gasteiger partial charge in [-0.25, -0.2) is 4.98 Å². The zero-order chi connectivity index (χ0) is 14.5. The number of unbranched alkanes of at least 4 members (excludes halogenated alkanes) is 4. The first-order valence-corrected chi connectivity index (χ1v) is 7.44. The van der Waals surface area contributed by atoms with Gasteiger partial charge in [0.25, 0.3) is 0 Å². The van der Waals surface area contributed by atoms with Gasteiger partial charge in [0.15, 0.2) is 0 Å². The number of hydrogen-bond acceptors (Lipinski definition) is 4. The number of nitrogens with zero attached hydrogens (tertiary/aromatic N) is 2. The van der Waals surface area contributed by atoms with E-state index in [0.29, 0.717) is 5.82 Å². The van der Waals surface area contributed by atoms with Crippen molar-refractivity contribution in [3.8, 4) is 0 Å². The molecule has 0 aliphatic carbocycles. The number of nitrogens with two attached hydrogens (primary N) is 2. The second-order valence-electron chi connectivity index (χ2n) is 5.38. The molecule has 0 aliphatic heterocycles. The van der Waals surface area contributed by atoms with Crippen LogP contribution in [0, 0.1) is 6.92 Å². The summed E-state index contributed by atoms with van der Waals surface area (Å²) in [5.41, 5.74) is 15.0. The Balaban J connectivity index is 2.17. The number of benzene rings is 1. The highest BCUT2D eigenvalue weighted by atomic mass is 15.0. The van der Waals surface area contributed by atoms with Crippen LogP contribution in [-0.4, -0.2) is 9.97 Å². The lowest BCUT2D eigenvalue weighted by Crippen LogP contribution is -2.03. The average molecular weight is 272 g/mol. The van der Waals surface area contributed by atoms with Crippen molar-refractivity contribution in [3.05, 3.63) is 23.3 Å². The van der Waals surface area contributed by atoms with Gasteiger partial charge in [-0.15, -0.1) is 0 Å². The standard InChI is InChI=1S/C16H24N4/c1-3-4-5-6-7-8-12-9-10-13-14(11(12)2)15(17)20-16(18)19-13/h9-10H,3-8H2,1-2H3,(H4,17,18,19,20). The molecule has 1 aromatic heterocycles. The van der Waals surface area contributed by atoms with E-state index in [1.54, 1.807) is 0 Å². The highest BCUT2D eigenvalue weighted by Crippen LogP contribution is 2.26. The fraction of sp³-hybridized carbons (Fsp3) is 0.500. The van der Waals surface area contributed by atoms with Gasteiger partial charge in [-0.2, -0.15) is 4.98 Å². The Morgan fingerprint density at radius 2 is 1.75 bits per heavy atom. The smallest absolute Gasteiger partial charge is 0.222 e. The molecule has 0 saturated carbocycles. The summed E-state index contributed by atoms with van der Waals surface area (Å²) in [6.45, 7) is 4.33. The topological polar surface area (TPSA) is 77.8 Å². The van der Waals surface area contributed by atoms with E-state index in [1.165, 1.54) is 43.2 Å². The molecule has 1 aromatic carbocycles. The first-order chi connectivity index (χ1) is 9.63. The number of anilines is 2. The maximum Gasteiger partial charge on any atom is 0.222 e. The Kier molecular flexibility index (Phi) is 4.77. The zero-order valence-electron chi connectivity index (χ0n) is 12.4. The highest BCUT2D eigenvalue weighted by Gasteiger charge is 2.09. The Morgan fingerprint density at radius 3 is 2.50 bits per heavy atom. The van der Waals surface area contributed by atoms with Crippen LogP contribution in [0.15, 0.2) is 12.1 Å². The van der Waals surface area contributed by atoms with Crippen LogP contribution in [0.2, 0.25) is 0 Å². The van der Waals surface area contributed by atoms with Gasteiger partial charge in [0, 0.05) is 5.39 Å². The lowest BCUT2D eigenvalue weighted by Gasteiger charge is -2.11. The minimum Gasteiger partial charge on any atom is -0.383 e. The monoisotopic (exact) mass is 272 g/mol. The molecule has 4 N–H and O–H groups in total. The molecule has 4 nitrogen and oxygen atoms in total. The molecule has 0 unspecified atom stereocenters. The zero-order valence-corrected chi connectivity index (χ0v) is 12.4. The van der Waals surface area contributed by atoms with E-state index in [4.69, 9.17) is 11.5 Å². The summed E-state index contributed by atoms with van der Waals surface area (Å²) in [5, 5.41) is 0.949. The van der Waals surface area contributed by atoms with Gasteiger partial charge < -0.3 is 11.5 Å². The average Bonchev–Trinajstić information content (AvgIpc) is 2.40. The Hall–Kier alpha value is -1.84. The maximum absolute atomic E-state index is 5.99. The molecule has 0 fully saturated rings. The molecule has 0 saturated heterocycles. The van der Waals surface area contributed by atoms with E-state index < -0.39 is 0 Å². The van der Waals surface area contributed by atoms with Crippen LogP contribution >= 0.6 is 0 Å². The van der Waals surface area contributed by atoms with Crippen molar-refractivity contribution in [2.45, 2.75) is 52.4 Å². The largest absolute Gasteiger partial charge is 0.383 e. The molecule has 1 heterocycles. The van der Waals surface area contributed by atoms with Gasteiger partial charge in [-0.05, 0) is 37.0 Å². The molecule has 20 heavy (non-hydrogen) atoms. The van der Waals surface area contributed by atoms with E-state index in [9.17, 15) is 0 Å². The lowest BCUT2D eigenvalue weighted by molar-refractivity contribution is 0.631. The van der Waals surface area contributed by atoms with Crippen molar-refractivity contribution in [2.75, 3.05) is 11.5 Å². The summed E-state index contributed by atoms with van der Waals surface area (Å²) in [6.07, 6.45) is 7.54. The predicted octanol–water partition coefficient (Wildman–Crippen LogP) is 3.62. The number of rotatable bonds is 6. The first kappa shape index (κ1) is 14.6. The molecular formula is C16H24N4. The summed E-state index contributed by atoms with van der Waals surface area (Å²) < 4.78 is 0. The van der Waals surface area contributed by atoms with Crippen molar-refractivity contribution < 1.29 is 0 Å². The van der Waals surface area contributed by atoms with Crippen LogP contribution in [0.1, 0.15) is 50.2 Å². The second-order valence-corrected chi connectivity index (χ2v) is 5.38. The molecule has 0 aliphatic rings. The molecule has 0 atom stereocenters. The quantitative estimate of drug-likeness (QED) is 0.787. The van der Waals surface area contributed by atoms with E-state index in [2.05, 4.69) is 29.9 Å². The van der Waals surface area contributed by atoms with Gasteiger partial charge in [0.05, 0.1) is 5.52 Å². The number of nitrogen functional groups attached to an aromatic ring is 2. The molecule has 0 amide bonds. The van der Waals surface area contributed by atoms with Gasteiger partial charge in [-0.3, -0.25) is 0 Å². The van der Waals surface area contributed by atoms with Gasteiger partial charge in [0.1, 0.15) is 5.82 Å². The van der Waals surface area contributed by atoms with E-state index in [-0.39, 0.29) is 5.95 Å². The van der Waals surface area contributed by atoms with E-state index in [1.807, 2.05) is 6.07 Å². The van der Waals surface area contributed by atoms with Crippen LogP contribution in [0.5, 0.6) is 0 Å². The third kappa shape index (κ3) is 3.18. The lowest BCUT2D eigenvalue weighted by atomic mass is 9.98. The Labute approximate surface area is 120 Å². The normalized spacial score (nSPS) is 11.1. The summed E-state index contributed by atoms with van der Waals surface area (Å²) in [4.78, 5) is 8.31. The second kappa shape index (κ2) is 6.55. The van der Waals surface area contributed by atoms with Gasteiger partial charge in [-0.1, -0.05) is 38.7 Å². The molecule has 2 aromatic rings. The van der Waals surface area contributed by atoms with Crippen LogP contribution in [0.4, 0.5) is 11.8 Å². The van der Waals surface area contributed by atoms with Crippen molar-refractivity contribution >= 4 is 22.7 Å². The minimum atomic E-state index is 0.238. The van der Waals surface area contributed by atoms with E-state index in [0.717, 1.165) is 17.3 Å². The summed E-state index contributed by atoms with van der Waals surface area (Å²) >= 11 is 0. The fourth-order valence-corrected chi connectivity index (χ4v) is 2.67. The van der Waals surface area contributed by atoms with Crippen LogP contribution < -0.4 is 11.5 Å². The molecule has 0 bridgehead atoms. The Morgan fingerprint density at radius 1 is 1.00 bits per heavy atom. The maximum atomic E-state index is 5.99. The molecule has 108 valence electrons. The van der Waals surface area contributed by atoms with Crippen molar-refractivity contribution in [3.63, 3.8) is 0 Å². The van der Waals surface area contributed by atoms with Crippen LogP contribution in [0.3, 0.4) is 0 Å². The van der Waals surface area contributed by atoms with Crippen molar-refractivity contribution in [1.82, 2.24) is 9.97 Å². The number of hydrogen-bond donors (Lipinski definition) is 2. The predicted molar refractivity (Wildman–Crippen MR) is 85.6 cm³/mol. The summed E-state index contributed by atoms with van der Waals surface area (Å²) in [7, 11) is 0. The van der Waals surface area contributed by atoms with Gasteiger partial charge in [0.2, 0.25) is 5.95 Å². The number of fused-ring (bicyclic) bond motifs is 1. The number of aryl methyl sites for hydroxylation is 2. The Bertz CT molecular complexity index is 593. The molecule has 0 radical (unpaired) electrons. The van der Waals surface area contributed by atoms with Crippen LogP contribution in [0.25, 0.3) is 10.9 Å². The first-order valence-electron chi connectivity index (χ1n) is 7.44. The van der Waals surface area contributed by atoms with Crippen molar-refractivity contribution in [1.29, 1.82) is 0 Å². The minimum absolute atomic E-state index is 0.238. The van der Waals surface area contributed by atoms with Crippen molar-refractivity contribution in [2.24, 2.45) is 0 Å². The highest BCUT2D eigenvalue weighted by molar-refractivity contribution is 5.92.